The van der Waals surface area contributed by atoms with Gasteiger partial charge in [0, 0.05) is 6.92 Å². The zero-order chi connectivity index (χ0) is 29.1. The maximum Gasteiger partial charge on any atom is 0.328 e. The fourth-order valence-electron chi connectivity index (χ4n) is 2.79. The largest absolute Gasteiger partial charge is 0.480 e. The monoisotopic (exact) mass is 513 g/mol. The first-order chi connectivity index (χ1) is 15.8. The third-order valence-electron chi connectivity index (χ3n) is 6.00. The molecule has 0 bridgehead atoms. The quantitative estimate of drug-likeness (QED) is 0.228. The summed E-state index contributed by atoms with van der Waals surface area (Å²) in [6.45, 7) is 17.5. The second kappa shape index (κ2) is 10.8. The average Bonchev–Trinajstić information content (AvgIpc) is 2.65. The number of hydrogen-bond donors (Lipinski definition) is 6. The van der Waals surface area contributed by atoms with Crippen LogP contribution in [0.2, 0.25) is 0 Å². The van der Waals surface area contributed by atoms with E-state index in [2.05, 4.69) is 26.6 Å². The van der Waals surface area contributed by atoms with Crippen molar-refractivity contribution in [1.29, 1.82) is 0 Å². The first-order valence-corrected chi connectivity index (χ1v) is 11.6. The summed E-state index contributed by atoms with van der Waals surface area (Å²) in [5.41, 5.74) is -7.34. The normalized spacial score (nSPS) is 14.2. The molecule has 0 aromatic heterocycles. The zero-order valence-corrected chi connectivity index (χ0v) is 23.5. The van der Waals surface area contributed by atoms with E-state index in [0.29, 0.717) is 0 Å². The molecule has 0 saturated heterocycles. The molecule has 0 aliphatic carbocycles. The number of hydrogen-bond acceptors (Lipinski definition) is 6. The fraction of sp³-hybridized carbons (Fsp3) is 0.750. The van der Waals surface area contributed by atoms with Crippen LogP contribution >= 0.6 is 0 Å². The van der Waals surface area contributed by atoms with Crippen molar-refractivity contribution in [2.45, 2.75) is 111 Å². The van der Waals surface area contributed by atoms with E-state index in [1.807, 2.05) is 0 Å². The van der Waals surface area contributed by atoms with Gasteiger partial charge in [-0.15, -0.1) is 0 Å². The summed E-state index contributed by atoms with van der Waals surface area (Å²) >= 11 is 0. The van der Waals surface area contributed by atoms with E-state index in [-0.39, 0.29) is 5.92 Å². The highest BCUT2D eigenvalue weighted by molar-refractivity contribution is 6.00. The van der Waals surface area contributed by atoms with Crippen molar-refractivity contribution in [1.82, 2.24) is 26.6 Å². The van der Waals surface area contributed by atoms with Crippen LogP contribution in [0.4, 0.5) is 0 Å². The van der Waals surface area contributed by atoms with Crippen LogP contribution in [0.5, 0.6) is 0 Å². The van der Waals surface area contributed by atoms with Crippen LogP contribution in [0.15, 0.2) is 0 Å². The van der Waals surface area contributed by atoms with Gasteiger partial charge in [0.2, 0.25) is 29.5 Å². The van der Waals surface area contributed by atoms with E-state index >= 15 is 0 Å². The summed E-state index contributed by atoms with van der Waals surface area (Å²) in [7, 11) is 0. The van der Waals surface area contributed by atoms with Gasteiger partial charge >= 0.3 is 5.97 Å². The van der Waals surface area contributed by atoms with Gasteiger partial charge in [0.25, 0.3) is 0 Å². The maximum absolute atomic E-state index is 13.1. The second-order valence-corrected chi connectivity index (χ2v) is 11.7. The van der Waals surface area contributed by atoms with Gasteiger partial charge in [0.1, 0.15) is 27.7 Å². The number of nitrogens with one attached hydrogen (secondary N) is 5. The highest BCUT2D eigenvalue weighted by atomic mass is 16.4. The van der Waals surface area contributed by atoms with Gasteiger partial charge in [0.05, 0.1) is 0 Å². The standard InChI is InChI=1S/C24H43N5O7/c1-13(2)24(12,25-14(3)30)18(34)29-22(8,9)16(32)27-20(4,5)15(31)26-21(6,7)17(33)28-23(10,11)19(35)36/h13H,1-12H3,(H,25,30)(H,26,31)(H,27,32)(H,28,33)(H,29,34)(H,35,36)/t24-/m0/s1. The topological polar surface area (TPSA) is 183 Å². The average molecular weight is 514 g/mol. The first-order valence-electron chi connectivity index (χ1n) is 11.6. The van der Waals surface area contributed by atoms with Crippen molar-refractivity contribution < 1.29 is 33.9 Å². The summed E-state index contributed by atoms with van der Waals surface area (Å²) < 4.78 is 0. The van der Waals surface area contributed by atoms with Gasteiger partial charge in [-0.3, -0.25) is 24.0 Å². The molecule has 0 saturated carbocycles. The van der Waals surface area contributed by atoms with Crippen LogP contribution in [0.25, 0.3) is 0 Å². The molecule has 206 valence electrons. The minimum absolute atomic E-state index is 0.290. The molecular formula is C24H43N5O7. The Bertz CT molecular complexity index is 922. The molecule has 36 heavy (non-hydrogen) atoms. The number of rotatable bonds is 11. The highest BCUT2D eigenvalue weighted by Gasteiger charge is 2.44. The lowest BCUT2D eigenvalue weighted by Crippen LogP contribution is -2.69. The third-order valence-corrected chi connectivity index (χ3v) is 6.00. The SMILES string of the molecule is CC(=O)N[C@](C)(C(=O)NC(C)(C)C(=O)NC(C)(C)C(=O)NC(C)(C)C(=O)NC(C)(C)C(=O)O)C(C)C. The van der Waals surface area contributed by atoms with Gasteiger partial charge in [-0.1, -0.05) is 13.8 Å². The van der Waals surface area contributed by atoms with E-state index in [1.54, 1.807) is 20.8 Å². The molecule has 0 aromatic rings. The van der Waals surface area contributed by atoms with Gasteiger partial charge in [-0.05, 0) is 68.2 Å². The van der Waals surface area contributed by atoms with Crippen molar-refractivity contribution in [3.63, 3.8) is 0 Å². The Morgan fingerprint density at radius 2 is 0.806 bits per heavy atom. The summed E-state index contributed by atoms with van der Waals surface area (Å²) in [6.07, 6.45) is 0. The highest BCUT2D eigenvalue weighted by Crippen LogP contribution is 2.19. The van der Waals surface area contributed by atoms with E-state index in [4.69, 9.17) is 0 Å². The summed E-state index contributed by atoms with van der Waals surface area (Å²) in [5.74, 6) is -4.64. The minimum Gasteiger partial charge on any atom is -0.480 e. The second-order valence-electron chi connectivity index (χ2n) is 11.7. The molecule has 0 heterocycles. The minimum atomic E-state index is -1.56. The van der Waals surface area contributed by atoms with Crippen LogP contribution < -0.4 is 26.6 Å². The van der Waals surface area contributed by atoms with Gasteiger partial charge in [-0.25, -0.2) is 4.79 Å². The number of aliphatic carboxylic acids is 1. The predicted octanol–water partition coefficient (Wildman–Crippen LogP) is 0.201. The molecule has 0 unspecified atom stereocenters. The van der Waals surface area contributed by atoms with Crippen molar-refractivity contribution in [2.24, 2.45) is 5.92 Å². The Balaban J connectivity index is 5.56. The Labute approximate surface area is 213 Å². The summed E-state index contributed by atoms with van der Waals surface area (Å²) in [5, 5.41) is 21.9. The molecule has 12 heteroatoms. The summed E-state index contributed by atoms with van der Waals surface area (Å²) in [4.78, 5) is 74.6. The van der Waals surface area contributed by atoms with E-state index in [9.17, 15) is 33.9 Å². The molecule has 0 spiro atoms. The molecule has 1 atom stereocenters. The molecular weight excluding hydrogens is 470 g/mol. The number of carboxylic acids is 1. The Hall–Kier alpha value is -3.18. The Morgan fingerprint density at radius 3 is 1.06 bits per heavy atom. The van der Waals surface area contributed by atoms with Crippen LogP contribution in [-0.2, 0) is 28.8 Å². The molecule has 6 N–H and O–H groups in total. The van der Waals surface area contributed by atoms with Crippen molar-refractivity contribution in [2.75, 3.05) is 0 Å². The lowest BCUT2D eigenvalue weighted by molar-refractivity contribution is -0.147. The fourth-order valence-corrected chi connectivity index (χ4v) is 2.79. The van der Waals surface area contributed by atoms with E-state index < -0.39 is 63.2 Å². The molecule has 0 radical (unpaired) electrons. The van der Waals surface area contributed by atoms with Crippen molar-refractivity contribution >= 4 is 35.5 Å². The molecule has 0 aromatic carbocycles. The van der Waals surface area contributed by atoms with Gasteiger partial charge in [-0.2, -0.15) is 0 Å². The van der Waals surface area contributed by atoms with Gasteiger partial charge < -0.3 is 31.7 Å². The molecule has 5 amide bonds. The van der Waals surface area contributed by atoms with E-state index in [0.717, 1.165) is 0 Å². The third kappa shape index (κ3) is 8.20. The number of carbonyl (C=O) groups excluding carboxylic acids is 5. The van der Waals surface area contributed by atoms with Crippen molar-refractivity contribution in [3.8, 4) is 0 Å². The predicted molar refractivity (Wildman–Crippen MR) is 134 cm³/mol. The Morgan fingerprint density at radius 1 is 0.528 bits per heavy atom. The molecule has 0 aliphatic heterocycles. The smallest absolute Gasteiger partial charge is 0.328 e. The number of carboxylic acid groups (broad SMARTS) is 1. The van der Waals surface area contributed by atoms with Crippen LogP contribution in [0.3, 0.4) is 0 Å². The molecule has 0 aliphatic rings. The Kier molecular flexibility index (Phi) is 9.88. The molecule has 0 rings (SSSR count). The lowest BCUT2D eigenvalue weighted by atomic mass is 9.86. The number of carbonyl (C=O) groups is 6. The molecule has 0 fully saturated rings. The lowest BCUT2D eigenvalue weighted by Gasteiger charge is -2.38. The van der Waals surface area contributed by atoms with E-state index in [1.165, 1.54) is 62.3 Å². The van der Waals surface area contributed by atoms with Crippen LogP contribution in [0, 0.1) is 5.92 Å². The van der Waals surface area contributed by atoms with Crippen LogP contribution in [0.1, 0.15) is 83.1 Å². The summed E-state index contributed by atoms with van der Waals surface area (Å²) in [6, 6.07) is 0. The first kappa shape index (κ1) is 32.8. The molecule has 12 nitrogen and oxygen atoms in total. The van der Waals surface area contributed by atoms with Crippen molar-refractivity contribution in [3.05, 3.63) is 0 Å². The zero-order valence-electron chi connectivity index (χ0n) is 23.5. The van der Waals surface area contributed by atoms with Gasteiger partial charge in [0.15, 0.2) is 0 Å². The maximum atomic E-state index is 13.1. The number of amides is 5. The van der Waals surface area contributed by atoms with Crippen LogP contribution in [-0.4, -0.2) is 68.3 Å².